The van der Waals surface area contributed by atoms with Crippen LogP contribution in [0.1, 0.15) is 24.2 Å². The lowest BCUT2D eigenvalue weighted by molar-refractivity contribution is 0.285. The van der Waals surface area contributed by atoms with Crippen LogP contribution in [-0.4, -0.2) is 40.9 Å². The van der Waals surface area contributed by atoms with E-state index in [1.807, 2.05) is 0 Å². The molecule has 1 aliphatic heterocycles. The first-order valence-electron chi connectivity index (χ1n) is 6.44. The smallest absolute Gasteiger partial charge is 0.246 e. The second kappa shape index (κ2) is 5.54. The molecule has 0 N–H and O–H groups in total. The fourth-order valence-corrected chi connectivity index (χ4v) is 5.11. The van der Waals surface area contributed by atoms with Crippen LogP contribution >= 0.6 is 15.9 Å². The highest BCUT2D eigenvalue weighted by Gasteiger charge is 2.33. The molecule has 7 heteroatoms. The molecule has 0 saturated carbocycles. The highest BCUT2D eigenvalue weighted by Crippen LogP contribution is 2.27. The van der Waals surface area contributed by atoms with Crippen molar-refractivity contribution >= 4 is 26.0 Å². The lowest BCUT2D eigenvalue weighted by atomic mass is 10.0. The van der Waals surface area contributed by atoms with Gasteiger partial charge in [-0.3, -0.25) is 4.68 Å². The van der Waals surface area contributed by atoms with Gasteiger partial charge in [-0.25, -0.2) is 8.42 Å². The van der Waals surface area contributed by atoms with Crippen LogP contribution in [0.5, 0.6) is 0 Å². The number of piperidine rings is 1. The number of aromatic nitrogens is 2. The molecule has 0 bridgehead atoms. The maximum absolute atomic E-state index is 12.8. The van der Waals surface area contributed by atoms with E-state index in [1.165, 1.54) is 0 Å². The molecule has 1 aromatic heterocycles. The van der Waals surface area contributed by atoms with Gasteiger partial charge in [0.25, 0.3) is 0 Å². The summed E-state index contributed by atoms with van der Waals surface area (Å²) in [6, 6.07) is 0. The Bertz CT molecular complexity index is 568. The van der Waals surface area contributed by atoms with Crippen LogP contribution in [0, 0.1) is 19.8 Å². The molecule has 1 saturated heterocycles. The molecule has 108 valence electrons. The van der Waals surface area contributed by atoms with Gasteiger partial charge in [0.2, 0.25) is 10.0 Å². The van der Waals surface area contributed by atoms with Crippen LogP contribution in [-0.2, 0) is 17.1 Å². The first-order valence-corrected chi connectivity index (χ1v) is 9.00. The largest absolute Gasteiger partial charge is 0.271 e. The van der Waals surface area contributed by atoms with Crippen molar-refractivity contribution in [3.05, 3.63) is 11.4 Å². The maximum Gasteiger partial charge on any atom is 0.246 e. The third kappa shape index (κ3) is 2.73. The second-order valence-electron chi connectivity index (χ2n) is 5.15. The quantitative estimate of drug-likeness (QED) is 0.782. The van der Waals surface area contributed by atoms with E-state index in [-0.39, 0.29) is 0 Å². The lowest BCUT2D eigenvalue weighted by Gasteiger charge is -2.31. The molecule has 1 atom stereocenters. The molecule has 1 unspecified atom stereocenters. The summed E-state index contributed by atoms with van der Waals surface area (Å²) in [6.45, 7) is 4.77. The SMILES string of the molecule is Cc1nn(C)c(C)c1S(=O)(=O)N1CCCC(CBr)C1. The third-order valence-electron chi connectivity index (χ3n) is 3.74. The molecule has 0 aliphatic carbocycles. The van der Waals surface area contributed by atoms with Crippen LogP contribution in [0.4, 0.5) is 0 Å². The van der Waals surface area contributed by atoms with Crippen molar-refractivity contribution < 1.29 is 8.42 Å². The highest BCUT2D eigenvalue weighted by molar-refractivity contribution is 9.09. The Hall–Kier alpha value is -0.400. The van der Waals surface area contributed by atoms with E-state index in [0.717, 1.165) is 18.2 Å². The lowest BCUT2D eigenvalue weighted by Crippen LogP contribution is -2.40. The fraction of sp³-hybridized carbons (Fsp3) is 0.750. The number of hydrogen-bond acceptors (Lipinski definition) is 3. The summed E-state index contributed by atoms with van der Waals surface area (Å²) in [5.74, 6) is 0.404. The van der Waals surface area contributed by atoms with E-state index in [9.17, 15) is 8.42 Å². The van der Waals surface area contributed by atoms with Crippen LogP contribution in [0.15, 0.2) is 4.90 Å². The van der Waals surface area contributed by atoms with Crippen LogP contribution in [0.3, 0.4) is 0 Å². The Balaban J connectivity index is 2.37. The maximum atomic E-state index is 12.8. The minimum absolute atomic E-state index is 0.380. The van der Waals surface area contributed by atoms with Gasteiger partial charge >= 0.3 is 0 Å². The van der Waals surface area contributed by atoms with Gasteiger partial charge in [0.05, 0.1) is 11.4 Å². The van der Waals surface area contributed by atoms with Gasteiger partial charge in [0, 0.05) is 25.5 Å². The molecule has 2 heterocycles. The molecule has 1 aliphatic rings. The zero-order chi connectivity index (χ0) is 14.2. The van der Waals surface area contributed by atoms with Gasteiger partial charge in [-0.05, 0) is 32.6 Å². The Morgan fingerprint density at radius 3 is 2.63 bits per heavy atom. The van der Waals surface area contributed by atoms with E-state index in [1.54, 1.807) is 29.9 Å². The predicted octanol–water partition coefficient (Wildman–Crippen LogP) is 1.83. The molecule has 1 fully saturated rings. The Labute approximate surface area is 123 Å². The van der Waals surface area contributed by atoms with Gasteiger partial charge in [0.15, 0.2) is 0 Å². The second-order valence-corrected chi connectivity index (χ2v) is 7.67. The molecule has 0 amide bonds. The molecule has 2 rings (SSSR count). The summed E-state index contributed by atoms with van der Waals surface area (Å²) in [6.07, 6.45) is 2.01. The molecule has 19 heavy (non-hydrogen) atoms. The van der Waals surface area contributed by atoms with Crippen molar-refractivity contribution in [1.29, 1.82) is 0 Å². The first kappa shape index (κ1) is 15.0. The van der Waals surface area contributed by atoms with Crippen LogP contribution < -0.4 is 0 Å². The Kier molecular flexibility index (Phi) is 4.37. The number of alkyl halides is 1. The summed E-state index contributed by atoms with van der Waals surface area (Å²) < 4.78 is 28.8. The average Bonchev–Trinajstić information content (AvgIpc) is 2.63. The summed E-state index contributed by atoms with van der Waals surface area (Å²) in [4.78, 5) is 0.380. The van der Waals surface area contributed by atoms with Crippen molar-refractivity contribution in [3.8, 4) is 0 Å². The van der Waals surface area contributed by atoms with E-state index >= 15 is 0 Å². The number of halogens is 1. The van der Waals surface area contributed by atoms with Crippen molar-refractivity contribution in [3.63, 3.8) is 0 Å². The molecule has 0 spiro atoms. The monoisotopic (exact) mass is 349 g/mol. The van der Waals surface area contributed by atoms with Crippen molar-refractivity contribution in [1.82, 2.24) is 14.1 Å². The number of nitrogens with zero attached hydrogens (tertiary/aromatic N) is 3. The standard InChI is InChI=1S/C12H20BrN3O2S/c1-9-12(10(2)15(3)14-9)19(17,18)16-6-4-5-11(7-13)8-16/h11H,4-8H2,1-3H3. The number of rotatable bonds is 3. The normalized spacial score (nSPS) is 21.8. The van der Waals surface area contributed by atoms with Gasteiger partial charge < -0.3 is 0 Å². The van der Waals surface area contributed by atoms with Gasteiger partial charge in [-0.1, -0.05) is 15.9 Å². The number of sulfonamides is 1. The molecule has 0 aromatic carbocycles. The topological polar surface area (TPSA) is 55.2 Å². The minimum Gasteiger partial charge on any atom is -0.271 e. The van der Waals surface area contributed by atoms with E-state index in [4.69, 9.17) is 0 Å². The Morgan fingerprint density at radius 1 is 1.42 bits per heavy atom. The molecular formula is C12H20BrN3O2S. The number of hydrogen-bond donors (Lipinski definition) is 0. The third-order valence-corrected chi connectivity index (χ3v) is 6.77. The summed E-state index contributed by atoms with van der Waals surface area (Å²) in [5.41, 5.74) is 1.29. The van der Waals surface area contributed by atoms with E-state index in [2.05, 4.69) is 21.0 Å². The van der Waals surface area contributed by atoms with E-state index < -0.39 is 10.0 Å². The van der Waals surface area contributed by atoms with Gasteiger partial charge in [-0.15, -0.1) is 0 Å². The predicted molar refractivity (Wildman–Crippen MR) is 78.0 cm³/mol. The summed E-state index contributed by atoms with van der Waals surface area (Å²) in [5, 5.41) is 5.06. The molecule has 1 aromatic rings. The van der Waals surface area contributed by atoms with Crippen molar-refractivity contribution in [2.75, 3.05) is 18.4 Å². The molecular weight excluding hydrogens is 330 g/mol. The number of aryl methyl sites for hydroxylation is 2. The zero-order valence-electron chi connectivity index (χ0n) is 11.6. The van der Waals surface area contributed by atoms with Crippen LogP contribution in [0.25, 0.3) is 0 Å². The van der Waals surface area contributed by atoms with Crippen molar-refractivity contribution in [2.24, 2.45) is 13.0 Å². The van der Waals surface area contributed by atoms with E-state index in [0.29, 0.717) is 35.3 Å². The first-order chi connectivity index (χ1) is 8.87. The van der Waals surface area contributed by atoms with Gasteiger partial charge in [0.1, 0.15) is 4.90 Å². The molecule has 5 nitrogen and oxygen atoms in total. The zero-order valence-corrected chi connectivity index (χ0v) is 14.0. The van der Waals surface area contributed by atoms with Gasteiger partial charge in [-0.2, -0.15) is 9.40 Å². The van der Waals surface area contributed by atoms with Crippen LogP contribution in [0.2, 0.25) is 0 Å². The average molecular weight is 350 g/mol. The fourth-order valence-electron chi connectivity index (χ4n) is 2.63. The highest BCUT2D eigenvalue weighted by atomic mass is 79.9. The van der Waals surface area contributed by atoms with Crippen molar-refractivity contribution in [2.45, 2.75) is 31.6 Å². The minimum atomic E-state index is -3.42. The summed E-state index contributed by atoms with van der Waals surface area (Å²) in [7, 11) is -1.64. The Morgan fingerprint density at radius 2 is 2.11 bits per heavy atom. The molecule has 0 radical (unpaired) electrons. The summed E-state index contributed by atoms with van der Waals surface area (Å²) >= 11 is 3.46.